The molecule has 0 unspecified atom stereocenters. The van der Waals surface area contributed by atoms with Gasteiger partial charge in [-0.2, -0.15) is 0 Å². The number of rotatable bonds is 4. The molecule has 0 spiro atoms. The standard InChI is InChI=1S/C18H26OSi2/c1-15-7-11-17(12-8-15)20(3,4)19-21(5,6)18-13-9-16(2)10-14-18/h7-14H,1-6H3. The van der Waals surface area contributed by atoms with E-state index in [0.29, 0.717) is 0 Å². The van der Waals surface area contributed by atoms with E-state index in [2.05, 4.69) is 88.6 Å². The van der Waals surface area contributed by atoms with Crippen LogP contribution in [0.1, 0.15) is 11.1 Å². The summed E-state index contributed by atoms with van der Waals surface area (Å²) in [5.74, 6) is 0. The second kappa shape index (κ2) is 5.91. The van der Waals surface area contributed by atoms with Crippen LogP contribution in [0.5, 0.6) is 0 Å². The fourth-order valence-electron chi connectivity index (χ4n) is 2.67. The zero-order valence-electron chi connectivity index (χ0n) is 14.0. The maximum Gasteiger partial charge on any atom is 0.206 e. The molecule has 2 aromatic rings. The van der Waals surface area contributed by atoms with Gasteiger partial charge in [0.1, 0.15) is 0 Å². The third-order valence-electron chi connectivity index (χ3n) is 4.00. The molecule has 2 rings (SSSR count). The van der Waals surface area contributed by atoms with Gasteiger partial charge in [-0.3, -0.25) is 0 Å². The molecule has 3 heteroatoms. The molecule has 0 saturated heterocycles. The predicted octanol–water partition coefficient (Wildman–Crippen LogP) is 3.84. The van der Waals surface area contributed by atoms with E-state index < -0.39 is 16.6 Å². The van der Waals surface area contributed by atoms with E-state index >= 15 is 0 Å². The summed E-state index contributed by atoms with van der Waals surface area (Å²) in [5, 5.41) is 2.75. The van der Waals surface area contributed by atoms with Crippen molar-refractivity contribution in [2.24, 2.45) is 0 Å². The molecule has 1 nitrogen and oxygen atoms in total. The van der Waals surface area contributed by atoms with Gasteiger partial charge in [0.05, 0.1) is 0 Å². The molecule has 0 radical (unpaired) electrons. The summed E-state index contributed by atoms with van der Waals surface area (Å²) >= 11 is 0. The Morgan fingerprint density at radius 2 is 0.857 bits per heavy atom. The molecule has 0 atom stereocenters. The van der Waals surface area contributed by atoms with Crippen LogP contribution in [0.3, 0.4) is 0 Å². The lowest BCUT2D eigenvalue weighted by atomic mass is 10.2. The first kappa shape index (κ1) is 16.2. The molecule has 0 aliphatic rings. The lowest BCUT2D eigenvalue weighted by molar-refractivity contribution is 0.573. The van der Waals surface area contributed by atoms with Crippen molar-refractivity contribution < 1.29 is 4.12 Å². The van der Waals surface area contributed by atoms with Crippen LogP contribution in [-0.2, 0) is 4.12 Å². The van der Waals surface area contributed by atoms with Crippen LogP contribution in [0.15, 0.2) is 48.5 Å². The van der Waals surface area contributed by atoms with Crippen LogP contribution in [-0.4, -0.2) is 16.6 Å². The van der Waals surface area contributed by atoms with Gasteiger partial charge in [0.2, 0.25) is 16.6 Å². The molecule has 0 N–H and O–H groups in total. The number of hydrogen-bond acceptors (Lipinski definition) is 1. The second-order valence-electron chi connectivity index (χ2n) is 6.85. The monoisotopic (exact) mass is 314 g/mol. The first-order chi connectivity index (χ1) is 9.71. The van der Waals surface area contributed by atoms with Crippen molar-refractivity contribution >= 4 is 27.0 Å². The molecule has 2 aromatic carbocycles. The number of aryl methyl sites for hydroxylation is 2. The third kappa shape index (κ3) is 3.93. The Kier molecular flexibility index (Phi) is 4.56. The van der Waals surface area contributed by atoms with Crippen LogP contribution in [0.2, 0.25) is 26.2 Å². The normalized spacial score (nSPS) is 12.5. The average molecular weight is 315 g/mol. The summed E-state index contributed by atoms with van der Waals surface area (Å²) < 4.78 is 6.75. The Morgan fingerprint density at radius 1 is 0.571 bits per heavy atom. The summed E-state index contributed by atoms with van der Waals surface area (Å²) in [6.07, 6.45) is 0. The molecule has 21 heavy (non-hydrogen) atoms. The summed E-state index contributed by atoms with van der Waals surface area (Å²) in [6, 6.07) is 17.7. The van der Waals surface area contributed by atoms with Gasteiger partial charge < -0.3 is 4.12 Å². The Hall–Kier alpha value is -1.17. The van der Waals surface area contributed by atoms with Crippen molar-refractivity contribution in [3.63, 3.8) is 0 Å². The highest BCUT2D eigenvalue weighted by Crippen LogP contribution is 2.15. The molecular formula is C18H26OSi2. The first-order valence-corrected chi connectivity index (χ1v) is 13.4. The Labute approximate surface area is 131 Å². The Balaban J connectivity index is 2.25. The predicted molar refractivity (Wildman–Crippen MR) is 97.7 cm³/mol. The number of benzene rings is 2. The van der Waals surface area contributed by atoms with Crippen LogP contribution in [0, 0.1) is 13.8 Å². The molecule has 0 bridgehead atoms. The molecule has 112 valence electrons. The quantitative estimate of drug-likeness (QED) is 0.779. The summed E-state index contributed by atoms with van der Waals surface area (Å²) in [4.78, 5) is 0. The minimum absolute atomic E-state index is 1.30. The topological polar surface area (TPSA) is 9.23 Å². The van der Waals surface area contributed by atoms with Crippen LogP contribution >= 0.6 is 0 Å². The Morgan fingerprint density at radius 3 is 1.14 bits per heavy atom. The largest absolute Gasteiger partial charge is 0.449 e. The van der Waals surface area contributed by atoms with E-state index in [1.165, 1.54) is 21.5 Å². The molecule has 0 saturated carbocycles. The molecule has 0 aliphatic carbocycles. The van der Waals surface area contributed by atoms with Crippen molar-refractivity contribution in [2.45, 2.75) is 40.0 Å². The smallest absolute Gasteiger partial charge is 0.206 e. The third-order valence-corrected chi connectivity index (χ3v) is 11.5. The van der Waals surface area contributed by atoms with Crippen LogP contribution < -0.4 is 10.4 Å². The number of hydrogen-bond donors (Lipinski definition) is 0. The minimum Gasteiger partial charge on any atom is -0.449 e. The molecule has 0 aromatic heterocycles. The van der Waals surface area contributed by atoms with E-state index in [9.17, 15) is 0 Å². The summed E-state index contributed by atoms with van der Waals surface area (Å²) in [6.45, 7) is 13.5. The SMILES string of the molecule is Cc1ccc([Si](C)(C)O[Si](C)(C)c2ccc(C)cc2)cc1. The second-order valence-corrected chi connectivity index (χ2v) is 14.9. The van der Waals surface area contributed by atoms with Gasteiger partial charge in [0.15, 0.2) is 0 Å². The first-order valence-electron chi connectivity index (χ1n) is 7.55. The summed E-state index contributed by atoms with van der Waals surface area (Å²) in [5.41, 5.74) is 2.61. The highest BCUT2D eigenvalue weighted by Gasteiger charge is 2.35. The average Bonchev–Trinajstić information content (AvgIpc) is 2.38. The Bertz CT molecular complexity index is 543. The van der Waals surface area contributed by atoms with E-state index in [1.54, 1.807) is 0 Å². The van der Waals surface area contributed by atoms with Gasteiger partial charge in [-0.15, -0.1) is 0 Å². The summed E-state index contributed by atoms with van der Waals surface area (Å²) in [7, 11) is -3.74. The molecular weight excluding hydrogens is 288 g/mol. The van der Waals surface area contributed by atoms with E-state index in [1.807, 2.05) is 0 Å². The van der Waals surface area contributed by atoms with Gasteiger partial charge >= 0.3 is 0 Å². The molecule has 0 heterocycles. The van der Waals surface area contributed by atoms with Crippen molar-refractivity contribution in [1.29, 1.82) is 0 Å². The van der Waals surface area contributed by atoms with Crippen molar-refractivity contribution in [1.82, 2.24) is 0 Å². The highest BCUT2D eigenvalue weighted by atomic mass is 28.4. The maximum atomic E-state index is 6.75. The fraction of sp³-hybridized carbons (Fsp3) is 0.333. The van der Waals surface area contributed by atoms with Crippen LogP contribution in [0.25, 0.3) is 0 Å². The van der Waals surface area contributed by atoms with Gasteiger partial charge in [0.25, 0.3) is 0 Å². The molecule has 0 fully saturated rings. The lowest BCUT2D eigenvalue weighted by Crippen LogP contribution is -2.57. The van der Waals surface area contributed by atoms with Crippen molar-refractivity contribution in [3.8, 4) is 0 Å². The zero-order valence-corrected chi connectivity index (χ0v) is 16.0. The fourth-order valence-corrected chi connectivity index (χ4v) is 10.7. The van der Waals surface area contributed by atoms with Crippen LogP contribution in [0.4, 0.5) is 0 Å². The van der Waals surface area contributed by atoms with E-state index in [4.69, 9.17) is 4.12 Å². The van der Waals surface area contributed by atoms with Gasteiger partial charge in [-0.25, -0.2) is 0 Å². The lowest BCUT2D eigenvalue weighted by Gasteiger charge is -2.34. The highest BCUT2D eigenvalue weighted by molar-refractivity contribution is 6.96. The van der Waals surface area contributed by atoms with Crippen molar-refractivity contribution in [3.05, 3.63) is 59.7 Å². The molecule has 0 amide bonds. The zero-order chi connectivity index (χ0) is 15.7. The molecule has 0 aliphatic heterocycles. The van der Waals surface area contributed by atoms with E-state index in [-0.39, 0.29) is 0 Å². The minimum atomic E-state index is -1.87. The van der Waals surface area contributed by atoms with Gasteiger partial charge in [-0.05, 0) is 50.4 Å². The van der Waals surface area contributed by atoms with Gasteiger partial charge in [-0.1, -0.05) is 59.7 Å². The van der Waals surface area contributed by atoms with E-state index in [0.717, 1.165) is 0 Å². The maximum absolute atomic E-state index is 6.75. The van der Waals surface area contributed by atoms with Gasteiger partial charge in [0, 0.05) is 0 Å². The van der Waals surface area contributed by atoms with Crippen molar-refractivity contribution in [2.75, 3.05) is 0 Å².